The highest BCUT2D eigenvalue weighted by molar-refractivity contribution is 5.48. The van der Waals surface area contributed by atoms with Crippen LogP contribution in [0, 0.1) is 0 Å². The summed E-state index contributed by atoms with van der Waals surface area (Å²) in [5, 5.41) is 4.35. The molecule has 6 nitrogen and oxygen atoms in total. The molecule has 1 aliphatic heterocycles. The molecular weight excluding hydrogens is 252 g/mol. The quantitative estimate of drug-likeness (QED) is 0.892. The fourth-order valence-electron chi connectivity index (χ4n) is 2.70. The number of nitrogens with two attached hydrogens (primary N) is 1. The number of nitrogens with zero attached hydrogens (tertiary/aromatic N) is 5. The third kappa shape index (κ3) is 2.33. The molecule has 20 heavy (non-hydrogen) atoms. The lowest BCUT2D eigenvalue weighted by Crippen LogP contribution is -2.24. The maximum atomic E-state index is 5.89. The van der Waals surface area contributed by atoms with Crippen LogP contribution in [0.2, 0.25) is 0 Å². The summed E-state index contributed by atoms with van der Waals surface area (Å²) < 4.78 is 1.98. The van der Waals surface area contributed by atoms with Crippen LogP contribution in [-0.4, -0.2) is 26.3 Å². The first-order chi connectivity index (χ1) is 9.67. The molecular formula is C14H20N6. The summed E-state index contributed by atoms with van der Waals surface area (Å²) in [4.78, 5) is 11.1. The van der Waals surface area contributed by atoms with Crippen molar-refractivity contribution < 1.29 is 0 Å². The number of aryl methyl sites for hydroxylation is 2. The lowest BCUT2D eigenvalue weighted by atomic mass is 10.2. The van der Waals surface area contributed by atoms with E-state index in [0.717, 1.165) is 44.0 Å². The van der Waals surface area contributed by atoms with Crippen molar-refractivity contribution in [2.75, 3.05) is 17.2 Å². The molecule has 3 rings (SSSR count). The van der Waals surface area contributed by atoms with Crippen LogP contribution in [0.3, 0.4) is 0 Å². The van der Waals surface area contributed by atoms with Crippen molar-refractivity contribution >= 4 is 11.6 Å². The van der Waals surface area contributed by atoms with Gasteiger partial charge in [-0.25, -0.2) is 9.97 Å². The van der Waals surface area contributed by atoms with E-state index in [1.807, 2.05) is 30.9 Å². The predicted molar refractivity (Wildman–Crippen MR) is 78.4 cm³/mol. The maximum absolute atomic E-state index is 5.89. The molecule has 0 aliphatic carbocycles. The van der Waals surface area contributed by atoms with Crippen LogP contribution in [0.5, 0.6) is 0 Å². The van der Waals surface area contributed by atoms with Crippen molar-refractivity contribution in [1.82, 2.24) is 19.7 Å². The number of aromatic nitrogens is 4. The highest BCUT2D eigenvalue weighted by atomic mass is 15.3. The Morgan fingerprint density at radius 3 is 3.00 bits per heavy atom. The molecule has 6 heteroatoms. The molecule has 0 amide bonds. The number of nitrogen functional groups attached to an aromatic ring is 1. The van der Waals surface area contributed by atoms with Crippen molar-refractivity contribution in [3.8, 4) is 0 Å². The van der Waals surface area contributed by atoms with Gasteiger partial charge in [0.2, 0.25) is 0 Å². The first-order valence-corrected chi connectivity index (χ1v) is 7.05. The van der Waals surface area contributed by atoms with E-state index in [-0.39, 0.29) is 0 Å². The van der Waals surface area contributed by atoms with Gasteiger partial charge in [-0.2, -0.15) is 5.10 Å². The SMILES string of the molecule is CCc1nc(N)cc(N2CCCc3c(cnn3C)C2)n1. The third-order valence-corrected chi connectivity index (χ3v) is 3.77. The van der Waals surface area contributed by atoms with Crippen LogP contribution in [-0.2, 0) is 26.4 Å². The zero-order chi connectivity index (χ0) is 14.1. The van der Waals surface area contributed by atoms with Gasteiger partial charge in [-0.1, -0.05) is 6.92 Å². The average molecular weight is 272 g/mol. The van der Waals surface area contributed by atoms with Gasteiger partial charge in [0.1, 0.15) is 17.5 Å². The van der Waals surface area contributed by atoms with E-state index >= 15 is 0 Å². The van der Waals surface area contributed by atoms with Crippen molar-refractivity contribution in [2.45, 2.75) is 32.7 Å². The van der Waals surface area contributed by atoms with Gasteiger partial charge in [0.25, 0.3) is 0 Å². The van der Waals surface area contributed by atoms with E-state index in [2.05, 4.69) is 20.0 Å². The highest BCUT2D eigenvalue weighted by Crippen LogP contribution is 2.23. The Morgan fingerprint density at radius 2 is 2.20 bits per heavy atom. The topological polar surface area (TPSA) is 72.9 Å². The first-order valence-electron chi connectivity index (χ1n) is 7.05. The minimum Gasteiger partial charge on any atom is -0.384 e. The molecule has 0 radical (unpaired) electrons. The zero-order valence-corrected chi connectivity index (χ0v) is 12.0. The fourth-order valence-corrected chi connectivity index (χ4v) is 2.70. The Bertz CT molecular complexity index is 618. The molecule has 0 aromatic carbocycles. The second kappa shape index (κ2) is 5.11. The van der Waals surface area contributed by atoms with E-state index in [1.54, 1.807) is 0 Å². The largest absolute Gasteiger partial charge is 0.384 e. The summed E-state index contributed by atoms with van der Waals surface area (Å²) in [5.74, 6) is 2.27. The molecule has 0 atom stereocenters. The van der Waals surface area contributed by atoms with E-state index in [1.165, 1.54) is 11.3 Å². The number of fused-ring (bicyclic) bond motifs is 1. The maximum Gasteiger partial charge on any atom is 0.134 e. The summed E-state index contributed by atoms with van der Waals surface area (Å²) in [6.45, 7) is 3.86. The number of rotatable bonds is 2. The van der Waals surface area contributed by atoms with Gasteiger partial charge >= 0.3 is 0 Å². The van der Waals surface area contributed by atoms with Crippen LogP contribution in [0.15, 0.2) is 12.3 Å². The van der Waals surface area contributed by atoms with Gasteiger partial charge in [-0.3, -0.25) is 4.68 Å². The normalized spacial score (nSPS) is 15.0. The molecule has 0 saturated heterocycles. The Hall–Kier alpha value is -2.11. The lowest BCUT2D eigenvalue weighted by molar-refractivity contribution is 0.682. The minimum absolute atomic E-state index is 0.544. The Balaban J connectivity index is 1.93. The van der Waals surface area contributed by atoms with Crippen LogP contribution in [0.4, 0.5) is 11.6 Å². The van der Waals surface area contributed by atoms with Crippen molar-refractivity contribution in [3.63, 3.8) is 0 Å². The minimum atomic E-state index is 0.544. The lowest BCUT2D eigenvalue weighted by Gasteiger charge is -2.22. The van der Waals surface area contributed by atoms with Crippen LogP contribution in [0.1, 0.15) is 30.4 Å². The van der Waals surface area contributed by atoms with Gasteiger partial charge < -0.3 is 10.6 Å². The first kappa shape index (κ1) is 12.9. The molecule has 2 aromatic rings. The van der Waals surface area contributed by atoms with Gasteiger partial charge in [-0.05, 0) is 12.8 Å². The number of hydrogen-bond acceptors (Lipinski definition) is 5. The van der Waals surface area contributed by atoms with Crippen molar-refractivity contribution in [1.29, 1.82) is 0 Å². The second-order valence-corrected chi connectivity index (χ2v) is 5.19. The van der Waals surface area contributed by atoms with E-state index in [0.29, 0.717) is 5.82 Å². The molecule has 0 bridgehead atoms. The van der Waals surface area contributed by atoms with Gasteiger partial charge in [0.05, 0.1) is 6.20 Å². The molecule has 3 heterocycles. The average Bonchev–Trinajstić information content (AvgIpc) is 2.66. The second-order valence-electron chi connectivity index (χ2n) is 5.19. The van der Waals surface area contributed by atoms with Gasteiger partial charge in [0, 0.05) is 43.9 Å². The van der Waals surface area contributed by atoms with Gasteiger partial charge in [0.15, 0.2) is 0 Å². The van der Waals surface area contributed by atoms with Crippen LogP contribution in [0.25, 0.3) is 0 Å². The molecule has 0 saturated carbocycles. The van der Waals surface area contributed by atoms with Crippen LogP contribution < -0.4 is 10.6 Å². The molecule has 2 N–H and O–H groups in total. The molecule has 106 valence electrons. The standard InChI is InChI=1S/C14H20N6/c1-3-13-17-12(15)7-14(18-13)20-6-4-5-11-10(9-20)8-16-19(11)2/h7-8H,3-6,9H2,1-2H3,(H2,15,17,18). The Kier molecular flexibility index (Phi) is 3.30. The fraction of sp³-hybridized carbons (Fsp3) is 0.500. The summed E-state index contributed by atoms with van der Waals surface area (Å²) in [6.07, 6.45) is 4.91. The summed E-state index contributed by atoms with van der Waals surface area (Å²) in [5.41, 5.74) is 8.49. The number of anilines is 2. The van der Waals surface area contributed by atoms with E-state index in [9.17, 15) is 0 Å². The summed E-state index contributed by atoms with van der Waals surface area (Å²) >= 11 is 0. The molecule has 2 aromatic heterocycles. The Morgan fingerprint density at radius 1 is 1.35 bits per heavy atom. The zero-order valence-electron chi connectivity index (χ0n) is 12.0. The van der Waals surface area contributed by atoms with E-state index in [4.69, 9.17) is 5.73 Å². The van der Waals surface area contributed by atoms with E-state index < -0.39 is 0 Å². The third-order valence-electron chi connectivity index (χ3n) is 3.77. The molecule has 1 aliphatic rings. The molecule has 0 spiro atoms. The Labute approximate surface area is 118 Å². The van der Waals surface area contributed by atoms with Gasteiger partial charge in [-0.15, -0.1) is 0 Å². The summed E-state index contributed by atoms with van der Waals surface area (Å²) in [7, 11) is 2.01. The molecule has 0 fully saturated rings. The smallest absolute Gasteiger partial charge is 0.134 e. The monoisotopic (exact) mass is 272 g/mol. The van der Waals surface area contributed by atoms with Crippen molar-refractivity contribution in [2.24, 2.45) is 7.05 Å². The molecule has 0 unspecified atom stereocenters. The number of hydrogen-bond donors (Lipinski definition) is 1. The highest BCUT2D eigenvalue weighted by Gasteiger charge is 2.19. The summed E-state index contributed by atoms with van der Waals surface area (Å²) in [6, 6.07) is 1.86. The van der Waals surface area contributed by atoms with Crippen LogP contribution >= 0.6 is 0 Å². The predicted octanol–water partition coefficient (Wildman–Crippen LogP) is 1.31. The van der Waals surface area contributed by atoms with Crippen molar-refractivity contribution in [3.05, 3.63) is 29.3 Å².